The summed E-state index contributed by atoms with van der Waals surface area (Å²) in [5.41, 5.74) is 3.18. The van der Waals surface area contributed by atoms with E-state index in [0.717, 1.165) is 16.8 Å². The lowest BCUT2D eigenvalue weighted by Gasteiger charge is -2.22. The van der Waals surface area contributed by atoms with Crippen molar-refractivity contribution in [2.24, 2.45) is 0 Å². The highest BCUT2D eigenvalue weighted by molar-refractivity contribution is 6.31. The molecule has 1 aromatic heterocycles. The minimum Gasteiger partial charge on any atom is -0.406 e. The molecule has 5 nitrogen and oxygen atoms in total. The van der Waals surface area contributed by atoms with E-state index in [-0.39, 0.29) is 11.3 Å². The van der Waals surface area contributed by atoms with Gasteiger partial charge in [-0.15, -0.1) is 13.2 Å². The zero-order chi connectivity index (χ0) is 23.7. The molecule has 0 fully saturated rings. The molecule has 2 N–H and O–H groups in total. The molecule has 0 atom stereocenters. The van der Waals surface area contributed by atoms with Crippen molar-refractivity contribution in [3.05, 3.63) is 58.6 Å². The molecule has 3 rings (SSSR count). The summed E-state index contributed by atoms with van der Waals surface area (Å²) in [6.07, 6.45) is -4.78. The SMILES string of the molecule is Cc1ccc(Cl)c(C)c1Nc1cc(-c2cccc(OC(F)(F)F)c2)nc(NC(C)(C)C)n1. The van der Waals surface area contributed by atoms with Crippen LogP contribution in [0.5, 0.6) is 5.75 Å². The number of halogens is 4. The van der Waals surface area contributed by atoms with Gasteiger partial charge in [-0.2, -0.15) is 4.98 Å². The van der Waals surface area contributed by atoms with Crippen LogP contribution in [0, 0.1) is 13.8 Å². The fourth-order valence-electron chi connectivity index (χ4n) is 3.05. The molecule has 0 radical (unpaired) electrons. The Labute approximate surface area is 190 Å². The average molecular weight is 465 g/mol. The van der Waals surface area contributed by atoms with E-state index >= 15 is 0 Å². The van der Waals surface area contributed by atoms with Crippen molar-refractivity contribution in [2.75, 3.05) is 10.6 Å². The fraction of sp³-hybridized carbons (Fsp3) is 0.304. The van der Waals surface area contributed by atoms with Crippen LogP contribution in [0.15, 0.2) is 42.5 Å². The highest BCUT2D eigenvalue weighted by atomic mass is 35.5. The second-order valence-corrected chi connectivity index (χ2v) is 8.81. The lowest BCUT2D eigenvalue weighted by Crippen LogP contribution is -2.27. The van der Waals surface area contributed by atoms with Crippen molar-refractivity contribution in [3.8, 4) is 17.0 Å². The van der Waals surface area contributed by atoms with Crippen LogP contribution in [0.3, 0.4) is 0 Å². The Balaban J connectivity index is 2.07. The number of rotatable bonds is 5. The van der Waals surface area contributed by atoms with Crippen LogP contribution in [-0.4, -0.2) is 21.9 Å². The molecule has 170 valence electrons. The smallest absolute Gasteiger partial charge is 0.406 e. The molecular weight excluding hydrogens is 441 g/mol. The number of ether oxygens (including phenoxy) is 1. The van der Waals surface area contributed by atoms with Gasteiger partial charge in [0.25, 0.3) is 0 Å². The van der Waals surface area contributed by atoms with Crippen molar-refractivity contribution in [1.82, 2.24) is 9.97 Å². The van der Waals surface area contributed by atoms with E-state index in [0.29, 0.717) is 28.0 Å². The zero-order valence-corrected chi connectivity index (χ0v) is 19.1. The number of benzene rings is 2. The summed E-state index contributed by atoms with van der Waals surface area (Å²) in [6, 6.07) is 11.1. The van der Waals surface area contributed by atoms with Gasteiger partial charge >= 0.3 is 6.36 Å². The third-order valence-electron chi connectivity index (χ3n) is 4.44. The second kappa shape index (κ2) is 8.86. The molecule has 0 aliphatic heterocycles. The van der Waals surface area contributed by atoms with Crippen molar-refractivity contribution >= 4 is 29.1 Å². The number of anilines is 3. The summed E-state index contributed by atoms with van der Waals surface area (Å²) >= 11 is 6.28. The van der Waals surface area contributed by atoms with Gasteiger partial charge in [0.1, 0.15) is 11.6 Å². The van der Waals surface area contributed by atoms with E-state index in [2.05, 4.69) is 25.3 Å². The van der Waals surface area contributed by atoms with Gasteiger partial charge < -0.3 is 15.4 Å². The predicted molar refractivity (Wildman–Crippen MR) is 122 cm³/mol. The minimum absolute atomic E-state index is 0.324. The molecule has 0 unspecified atom stereocenters. The maximum absolute atomic E-state index is 12.7. The van der Waals surface area contributed by atoms with Crippen LogP contribution in [0.1, 0.15) is 31.9 Å². The molecule has 3 aromatic rings. The largest absolute Gasteiger partial charge is 0.573 e. The van der Waals surface area contributed by atoms with Crippen LogP contribution in [0.4, 0.5) is 30.6 Å². The summed E-state index contributed by atoms with van der Waals surface area (Å²) < 4.78 is 42.0. The van der Waals surface area contributed by atoms with Crippen molar-refractivity contribution in [3.63, 3.8) is 0 Å². The topological polar surface area (TPSA) is 59.1 Å². The molecule has 0 spiro atoms. The van der Waals surface area contributed by atoms with Gasteiger partial charge in [0.15, 0.2) is 0 Å². The number of hydrogen-bond acceptors (Lipinski definition) is 5. The van der Waals surface area contributed by atoms with E-state index in [4.69, 9.17) is 11.6 Å². The van der Waals surface area contributed by atoms with Crippen molar-refractivity contribution in [1.29, 1.82) is 0 Å². The number of aromatic nitrogens is 2. The molecule has 0 aliphatic carbocycles. The molecule has 0 aliphatic rings. The van der Waals surface area contributed by atoms with Gasteiger partial charge in [0.05, 0.1) is 5.69 Å². The van der Waals surface area contributed by atoms with Gasteiger partial charge in [0.2, 0.25) is 5.95 Å². The number of nitrogens with one attached hydrogen (secondary N) is 2. The summed E-state index contributed by atoms with van der Waals surface area (Å²) in [7, 11) is 0. The van der Waals surface area contributed by atoms with Crippen LogP contribution in [0.25, 0.3) is 11.3 Å². The Bertz CT molecular complexity index is 1130. The van der Waals surface area contributed by atoms with Gasteiger partial charge in [-0.05, 0) is 63.9 Å². The van der Waals surface area contributed by atoms with Gasteiger partial charge in [0, 0.05) is 27.9 Å². The van der Waals surface area contributed by atoms with E-state index in [1.54, 1.807) is 12.1 Å². The Morgan fingerprint density at radius 1 is 0.969 bits per heavy atom. The van der Waals surface area contributed by atoms with Crippen molar-refractivity contribution < 1.29 is 17.9 Å². The highest BCUT2D eigenvalue weighted by Gasteiger charge is 2.31. The molecule has 1 heterocycles. The lowest BCUT2D eigenvalue weighted by molar-refractivity contribution is -0.274. The number of nitrogens with zero attached hydrogens (tertiary/aromatic N) is 2. The molecular formula is C23H24ClF3N4O. The summed E-state index contributed by atoms with van der Waals surface area (Å²) in [6.45, 7) is 9.71. The second-order valence-electron chi connectivity index (χ2n) is 8.40. The standard InChI is InChI=1S/C23H24ClF3N4O/c1-13-9-10-17(24)14(2)20(13)29-19-12-18(28-21(30-19)31-22(3,4)5)15-7-6-8-16(11-15)32-23(25,26)27/h6-12H,1-5H3,(H2,28,29,30,31). The summed E-state index contributed by atoms with van der Waals surface area (Å²) in [5.74, 6) is 0.476. The minimum atomic E-state index is -4.78. The van der Waals surface area contributed by atoms with E-state index in [1.807, 2.05) is 46.8 Å². The third kappa shape index (κ3) is 6.26. The van der Waals surface area contributed by atoms with E-state index in [9.17, 15) is 13.2 Å². The molecule has 0 amide bonds. The zero-order valence-electron chi connectivity index (χ0n) is 18.4. The third-order valence-corrected chi connectivity index (χ3v) is 4.85. The number of aryl methyl sites for hydroxylation is 1. The predicted octanol–water partition coefficient (Wildman–Crippen LogP) is 7.27. The average Bonchev–Trinajstić information content (AvgIpc) is 2.66. The first-order valence-electron chi connectivity index (χ1n) is 9.87. The first-order chi connectivity index (χ1) is 14.8. The normalized spacial score (nSPS) is 11.9. The molecule has 2 aromatic carbocycles. The molecule has 0 saturated heterocycles. The monoisotopic (exact) mass is 464 g/mol. The number of alkyl halides is 3. The first kappa shape index (κ1) is 23.7. The Morgan fingerprint density at radius 2 is 1.69 bits per heavy atom. The Kier molecular flexibility index (Phi) is 6.55. The van der Waals surface area contributed by atoms with E-state index in [1.165, 1.54) is 18.2 Å². The first-order valence-corrected chi connectivity index (χ1v) is 10.2. The highest BCUT2D eigenvalue weighted by Crippen LogP contribution is 2.32. The van der Waals surface area contributed by atoms with Crippen LogP contribution in [-0.2, 0) is 0 Å². The molecule has 0 bridgehead atoms. The Hall–Kier alpha value is -3.00. The lowest BCUT2D eigenvalue weighted by atomic mass is 10.1. The fourth-order valence-corrected chi connectivity index (χ4v) is 3.20. The van der Waals surface area contributed by atoms with Crippen LogP contribution >= 0.6 is 11.6 Å². The molecule has 9 heteroatoms. The number of hydrogen-bond donors (Lipinski definition) is 2. The van der Waals surface area contributed by atoms with Gasteiger partial charge in [-0.1, -0.05) is 29.8 Å². The van der Waals surface area contributed by atoms with Crippen molar-refractivity contribution in [2.45, 2.75) is 46.5 Å². The van der Waals surface area contributed by atoms with Crippen LogP contribution < -0.4 is 15.4 Å². The summed E-state index contributed by atoms with van der Waals surface area (Å²) in [5, 5.41) is 7.10. The maximum atomic E-state index is 12.7. The quantitative estimate of drug-likeness (QED) is 0.416. The van der Waals surface area contributed by atoms with Gasteiger partial charge in [-0.25, -0.2) is 4.98 Å². The summed E-state index contributed by atoms with van der Waals surface area (Å²) in [4.78, 5) is 9.05. The molecule has 32 heavy (non-hydrogen) atoms. The van der Waals surface area contributed by atoms with E-state index < -0.39 is 6.36 Å². The Morgan fingerprint density at radius 3 is 2.34 bits per heavy atom. The van der Waals surface area contributed by atoms with Gasteiger partial charge in [-0.3, -0.25) is 0 Å². The molecule has 0 saturated carbocycles. The maximum Gasteiger partial charge on any atom is 0.573 e. The van der Waals surface area contributed by atoms with Crippen LogP contribution in [0.2, 0.25) is 5.02 Å².